The number of hydrogen-bond donors (Lipinski definition) is 3. The summed E-state index contributed by atoms with van der Waals surface area (Å²) in [5, 5.41) is 9.60. The summed E-state index contributed by atoms with van der Waals surface area (Å²) in [5.74, 6) is -0.268. The molecule has 2 aromatic heterocycles. The second kappa shape index (κ2) is 9.06. The summed E-state index contributed by atoms with van der Waals surface area (Å²) in [5.41, 5.74) is 11.0. The van der Waals surface area contributed by atoms with Crippen molar-refractivity contribution in [1.29, 1.82) is 0 Å². The van der Waals surface area contributed by atoms with Crippen molar-refractivity contribution in [2.75, 3.05) is 25.9 Å². The highest BCUT2D eigenvalue weighted by molar-refractivity contribution is 6.01. The lowest BCUT2D eigenvalue weighted by Crippen LogP contribution is -2.47. The van der Waals surface area contributed by atoms with Gasteiger partial charge in [-0.1, -0.05) is 6.07 Å². The third-order valence-electron chi connectivity index (χ3n) is 6.65. The average Bonchev–Trinajstić information content (AvgIpc) is 3.37. The number of nitrogens with zero attached hydrogens (tertiary/aromatic N) is 4. The normalized spacial score (nSPS) is 16.9. The van der Waals surface area contributed by atoms with Crippen molar-refractivity contribution in [2.24, 2.45) is 0 Å². The molecule has 4 N–H and O–H groups in total. The number of fused-ring (bicyclic) bond motifs is 2. The van der Waals surface area contributed by atoms with Crippen LogP contribution in [0.5, 0.6) is 0 Å². The quantitative estimate of drug-likeness (QED) is 0.416. The number of aldehydes is 1. The van der Waals surface area contributed by atoms with Gasteiger partial charge in [-0.15, -0.1) is 0 Å². The van der Waals surface area contributed by atoms with Gasteiger partial charge in [0.25, 0.3) is 5.91 Å². The van der Waals surface area contributed by atoms with Crippen molar-refractivity contribution in [2.45, 2.75) is 38.1 Å². The lowest BCUT2D eigenvalue weighted by molar-refractivity contribution is -0.125. The van der Waals surface area contributed by atoms with Crippen molar-refractivity contribution in [3.05, 3.63) is 41.0 Å². The number of aromatic amines is 1. The lowest BCUT2D eigenvalue weighted by atomic mass is 10.0. The largest absolute Gasteiger partial charge is 0.380 e. The number of pyridine rings is 1. The van der Waals surface area contributed by atoms with Crippen LogP contribution in [-0.4, -0.2) is 75.4 Å². The van der Waals surface area contributed by atoms with E-state index in [2.05, 4.69) is 15.5 Å². The van der Waals surface area contributed by atoms with Crippen LogP contribution in [0.25, 0.3) is 22.3 Å². The summed E-state index contributed by atoms with van der Waals surface area (Å²) >= 11 is 0. The number of likely N-dealkylation sites (tertiary alicyclic amines) is 1. The van der Waals surface area contributed by atoms with E-state index in [1.165, 1.54) is 11.9 Å². The van der Waals surface area contributed by atoms with E-state index in [1.807, 2.05) is 23.1 Å². The summed E-state index contributed by atoms with van der Waals surface area (Å²) in [7, 11) is 1.51. The van der Waals surface area contributed by atoms with Gasteiger partial charge in [-0.05, 0) is 35.7 Å². The molecule has 0 aliphatic carbocycles. The Hall–Kier alpha value is -3.86. The third-order valence-corrected chi connectivity index (χ3v) is 6.65. The number of anilines is 1. The monoisotopic (exact) mass is 479 g/mol. The van der Waals surface area contributed by atoms with Gasteiger partial charge in [0.2, 0.25) is 5.91 Å². The number of nitrogen functional groups attached to an aromatic ring is 1. The van der Waals surface area contributed by atoms with E-state index in [1.54, 1.807) is 6.07 Å². The van der Waals surface area contributed by atoms with Crippen LogP contribution in [0.15, 0.2) is 24.3 Å². The van der Waals surface area contributed by atoms with Gasteiger partial charge >= 0.3 is 0 Å². The van der Waals surface area contributed by atoms with Gasteiger partial charge in [-0.25, -0.2) is 9.37 Å². The minimum atomic E-state index is -0.805. The van der Waals surface area contributed by atoms with Crippen molar-refractivity contribution in [1.82, 2.24) is 30.3 Å². The van der Waals surface area contributed by atoms with Crippen LogP contribution in [0.3, 0.4) is 0 Å². The Labute approximate surface area is 200 Å². The zero-order chi connectivity index (χ0) is 24.7. The number of halogens is 1. The van der Waals surface area contributed by atoms with Gasteiger partial charge in [0.1, 0.15) is 24.0 Å². The molecule has 1 unspecified atom stereocenters. The first-order chi connectivity index (χ1) is 16.9. The Morgan fingerprint density at radius 2 is 2.17 bits per heavy atom. The molecule has 2 aliphatic rings. The Kier molecular flexibility index (Phi) is 5.93. The van der Waals surface area contributed by atoms with Crippen molar-refractivity contribution < 1.29 is 18.8 Å². The first kappa shape index (κ1) is 22.9. The molecule has 1 saturated heterocycles. The fraction of sp³-hybridized carbons (Fsp3) is 0.375. The smallest absolute Gasteiger partial charge is 0.255 e. The summed E-state index contributed by atoms with van der Waals surface area (Å²) in [4.78, 5) is 44.6. The Morgan fingerprint density at radius 3 is 2.89 bits per heavy atom. The van der Waals surface area contributed by atoms with E-state index < -0.39 is 12.2 Å². The maximum absolute atomic E-state index is 13.4. The molecule has 1 atom stereocenters. The van der Waals surface area contributed by atoms with Crippen LogP contribution < -0.4 is 11.1 Å². The molecular weight excluding hydrogens is 453 g/mol. The zero-order valence-electron chi connectivity index (χ0n) is 19.3. The highest BCUT2D eigenvalue weighted by atomic mass is 19.1. The van der Waals surface area contributed by atoms with Crippen LogP contribution in [-0.2, 0) is 22.7 Å². The molecule has 10 nitrogen and oxygen atoms in total. The predicted molar refractivity (Wildman–Crippen MR) is 127 cm³/mol. The number of likely N-dealkylation sites (N-methyl/N-ethyl adjacent to an activating group) is 1. The van der Waals surface area contributed by atoms with Gasteiger partial charge in [-0.3, -0.25) is 19.6 Å². The number of carbonyl (C=O) groups is 3. The molecule has 4 heterocycles. The fourth-order valence-electron chi connectivity index (χ4n) is 4.80. The molecule has 11 heteroatoms. The number of alkyl halides is 1. The van der Waals surface area contributed by atoms with Crippen LogP contribution in [0.4, 0.5) is 10.2 Å². The molecule has 0 radical (unpaired) electrons. The first-order valence-electron chi connectivity index (χ1n) is 11.5. The maximum atomic E-state index is 13.4. The zero-order valence-corrected chi connectivity index (χ0v) is 19.3. The number of aromatic nitrogens is 3. The minimum Gasteiger partial charge on any atom is -0.380 e. The highest BCUT2D eigenvalue weighted by Gasteiger charge is 2.36. The molecule has 0 saturated carbocycles. The molecule has 182 valence electrons. The van der Waals surface area contributed by atoms with E-state index >= 15 is 0 Å². The standard InChI is InChI=1S/C24H26FN7O3/c1-27-23(34)19(3-2-6-33)32-10-14-7-13(4-5-17(14)24(32)35)18-8-15(9-31-11-16(25)12-31)20-21(28-18)22(26)30-29-20/h4-8,16,19H,2-3,9-12H2,1H3,(H,27,34)(H3,26,29,30). The van der Waals surface area contributed by atoms with Crippen molar-refractivity contribution >= 4 is 35.0 Å². The number of amides is 2. The van der Waals surface area contributed by atoms with Crippen LogP contribution in [0, 0.1) is 0 Å². The topological polar surface area (TPSA) is 137 Å². The van der Waals surface area contributed by atoms with Crippen LogP contribution in [0.2, 0.25) is 0 Å². The molecule has 2 amide bonds. The number of benzene rings is 1. The number of carbonyl (C=O) groups excluding carboxylic acids is 3. The Bertz CT molecular complexity index is 1320. The molecule has 5 rings (SSSR count). The summed E-state index contributed by atoms with van der Waals surface area (Å²) in [6, 6.07) is 6.65. The minimum absolute atomic E-state index is 0.183. The number of H-pyrrole nitrogens is 1. The van der Waals surface area contributed by atoms with Crippen molar-refractivity contribution in [3.8, 4) is 11.3 Å². The maximum Gasteiger partial charge on any atom is 0.255 e. The molecule has 1 fully saturated rings. The second-order valence-corrected chi connectivity index (χ2v) is 8.97. The molecular formula is C24H26FN7O3. The summed E-state index contributed by atoms with van der Waals surface area (Å²) < 4.78 is 13.4. The number of hydrogen-bond acceptors (Lipinski definition) is 7. The van der Waals surface area contributed by atoms with Crippen LogP contribution in [0.1, 0.15) is 34.3 Å². The highest BCUT2D eigenvalue weighted by Crippen LogP contribution is 2.33. The fourth-order valence-corrected chi connectivity index (χ4v) is 4.80. The molecule has 0 spiro atoms. The summed E-state index contributed by atoms with van der Waals surface area (Å²) in [6.07, 6.45) is 0.382. The van der Waals surface area contributed by atoms with Gasteiger partial charge in [0.05, 0.1) is 11.2 Å². The van der Waals surface area contributed by atoms with Crippen LogP contribution >= 0.6 is 0 Å². The third kappa shape index (κ3) is 4.12. The summed E-state index contributed by atoms with van der Waals surface area (Å²) in [6.45, 7) is 1.57. The van der Waals surface area contributed by atoms with E-state index in [0.717, 1.165) is 28.5 Å². The van der Waals surface area contributed by atoms with Gasteiger partial charge in [-0.2, -0.15) is 5.10 Å². The first-order valence-corrected chi connectivity index (χ1v) is 11.5. The number of nitrogens with two attached hydrogens (primary N) is 1. The second-order valence-electron chi connectivity index (χ2n) is 8.97. The van der Waals surface area contributed by atoms with E-state index in [9.17, 15) is 18.8 Å². The number of rotatable bonds is 8. The molecule has 35 heavy (non-hydrogen) atoms. The van der Waals surface area contributed by atoms with E-state index in [0.29, 0.717) is 36.4 Å². The Balaban J connectivity index is 1.47. The lowest BCUT2D eigenvalue weighted by Gasteiger charge is -2.34. The van der Waals surface area contributed by atoms with E-state index in [4.69, 9.17) is 10.7 Å². The average molecular weight is 480 g/mol. The van der Waals surface area contributed by atoms with E-state index in [-0.39, 0.29) is 37.0 Å². The SMILES string of the molecule is CNC(=O)C(CCC=O)N1Cc2cc(-c3cc(CN4CC(F)C4)c4[nH]nc(N)c4n3)ccc2C1=O. The Morgan fingerprint density at radius 1 is 1.37 bits per heavy atom. The molecule has 0 bridgehead atoms. The molecule has 3 aromatic rings. The molecule has 1 aromatic carbocycles. The molecule has 2 aliphatic heterocycles. The van der Waals surface area contributed by atoms with Gasteiger partial charge in [0, 0.05) is 50.8 Å². The number of nitrogens with one attached hydrogen (secondary N) is 2. The van der Waals surface area contributed by atoms with Gasteiger partial charge < -0.3 is 20.7 Å². The van der Waals surface area contributed by atoms with Crippen molar-refractivity contribution in [3.63, 3.8) is 0 Å². The van der Waals surface area contributed by atoms with Gasteiger partial charge in [0.15, 0.2) is 5.82 Å². The predicted octanol–water partition coefficient (Wildman–Crippen LogP) is 1.41.